The summed E-state index contributed by atoms with van der Waals surface area (Å²) in [7, 11) is 0. The first-order valence-corrected chi connectivity index (χ1v) is 8.05. The lowest BCUT2D eigenvalue weighted by molar-refractivity contribution is 0.137. The van der Waals surface area contributed by atoms with E-state index < -0.39 is 0 Å². The fraction of sp³-hybridized carbons (Fsp3) is 0.529. The van der Waals surface area contributed by atoms with Crippen molar-refractivity contribution in [3.8, 4) is 5.75 Å². The molecule has 22 heavy (non-hydrogen) atoms. The number of rotatable bonds is 6. The van der Waals surface area contributed by atoms with Crippen molar-refractivity contribution in [3.63, 3.8) is 0 Å². The number of ether oxygens (including phenoxy) is 1. The Morgan fingerprint density at radius 2 is 2.09 bits per heavy atom. The third-order valence-electron chi connectivity index (χ3n) is 4.27. The molecular weight excluding hydrogens is 276 g/mol. The second-order valence-electron chi connectivity index (χ2n) is 6.00. The minimum atomic E-state index is 0.662. The minimum absolute atomic E-state index is 0.662. The molecule has 0 unspecified atom stereocenters. The summed E-state index contributed by atoms with van der Waals surface area (Å²) in [6.45, 7) is 7.18. The van der Waals surface area contributed by atoms with Crippen molar-refractivity contribution in [2.45, 2.75) is 26.3 Å². The number of piperidine rings is 1. The molecule has 1 saturated heterocycles. The van der Waals surface area contributed by atoms with E-state index in [-0.39, 0.29) is 0 Å². The Hall–Kier alpha value is -1.88. The van der Waals surface area contributed by atoms with Crippen LogP contribution in [0.25, 0.3) is 0 Å². The number of pyridine rings is 1. The van der Waals surface area contributed by atoms with E-state index >= 15 is 0 Å². The van der Waals surface area contributed by atoms with Gasteiger partial charge in [0, 0.05) is 36.9 Å². The molecule has 3 heterocycles. The summed E-state index contributed by atoms with van der Waals surface area (Å²) in [5.41, 5.74) is 1.01. The summed E-state index contributed by atoms with van der Waals surface area (Å²) in [5.74, 6) is 1.60. The third-order valence-corrected chi connectivity index (χ3v) is 4.27. The molecule has 0 N–H and O–H groups in total. The zero-order valence-corrected chi connectivity index (χ0v) is 13.2. The average Bonchev–Trinajstić information content (AvgIpc) is 3.05. The third kappa shape index (κ3) is 4.31. The molecule has 5 nitrogen and oxygen atoms in total. The van der Waals surface area contributed by atoms with E-state index in [9.17, 15) is 0 Å². The summed E-state index contributed by atoms with van der Waals surface area (Å²) in [6.07, 6.45) is 8.09. The first-order chi connectivity index (χ1) is 10.8. The summed E-state index contributed by atoms with van der Waals surface area (Å²) < 4.78 is 7.91. The van der Waals surface area contributed by atoms with Crippen LogP contribution >= 0.6 is 0 Å². The second kappa shape index (κ2) is 7.40. The molecule has 1 aliphatic heterocycles. The Balaban J connectivity index is 1.36. The van der Waals surface area contributed by atoms with Gasteiger partial charge in [0.05, 0.1) is 13.2 Å². The molecule has 1 aliphatic rings. The smallest absolute Gasteiger partial charge is 0.122 e. The highest BCUT2D eigenvalue weighted by molar-refractivity contribution is 5.21. The zero-order valence-electron chi connectivity index (χ0n) is 13.2. The van der Waals surface area contributed by atoms with Crippen molar-refractivity contribution >= 4 is 0 Å². The van der Waals surface area contributed by atoms with Gasteiger partial charge in [0.25, 0.3) is 0 Å². The molecule has 0 atom stereocenters. The van der Waals surface area contributed by atoms with E-state index in [0.29, 0.717) is 5.92 Å². The van der Waals surface area contributed by atoms with Gasteiger partial charge in [-0.15, -0.1) is 0 Å². The summed E-state index contributed by atoms with van der Waals surface area (Å²) in [6, 6.07) is 5.91. The van der Waals surface area contributed by atoms with Gasteiger partial charge in [-0.05, 0) is 50.9 Å². The lowest BCUT2D eigenvalue weighted by Crippen LogP contribution is -2.37. The Bertz CT molecular complexity index is 562. The van der Waals surface area contributed by atoms with Crippen molar-refractivity contribution in [2.24, 2.45) is 5.92 Å². The van der Waals surface area contributed by atoms with Gasteiger partial charge in [-0.25, -0.2) is 0 Å². The van der Waals surface area contributed by atoms with Crippen molar-refractivity contribution in [2.75, 3.05) is 26.2 Å². The molecule has 0 radical (unpaired) electrons. The normalized spacial score (nSPS) is 16.8. The predicted octanol–water partition coefficient (Wildman–Crippen LogP) is 2.38. The van der Waals surface area contributed by atoms with Gasteiger partial charge in [0.15, 0.2) is 0 Å². The summed E-state index contributed by atoms with van der Waals surface area (Å²) in [4.78, 5) is 6.71. The molecule has 118 valence electrons. The van der Waals surface area contributed by atoms with Gasteiger partial charge < -0.3 is 9.64 Å². The molecule has 0 spiro atoms. The van der Waals surface area contributed by atoms with Crippen molar-refractivity contribution in [1.29, 1.82) is 0 Å². The van der Waals surface area contributed by atoms with Crippen molar-refractivity contribution in [1.82, 2.24) is 19.7 Å². The van der Waals surface area contributed by atoms with E-state index in [2.05, 4.69) is 15.0 Å². The van der Waals surface area contributed by atoms with E-state index in [1.807, 2.05) is 48.4 Å². The first-order valence-electron chi connectivity index (χ1n) is 8.05. The lowest BCUT2D eigenvalue weighted by Gasteiger charge is -2.31. The SMILES string of the molecule is Cc1cc(OCC2CCN(CCn3cccn3)CC2)ccn1. The molecule has 5 heteroatoms. The molecule has 1 fully saturated rings. The van der Waals surface area contributed by atoms with Crippen LogP contribution in [0.1, 0.15) is 18.5 Å². The highest BCUT2D eigenvalue weighted by Crippen LogP contribution is 2.19. The van der Waals surface area contributed by atoms with Crippen LogP contribution in [0.2, 0.25) is 0 Å². The fourth-order valence-corrected chi connectivity index (χ4v) is 2.88. The van der Waals surface area contributed by atoms with E-state index in [1.165, 1.54) is 12.8 Å². The molecule has 0 aromatic carbocycles. The van der Waals surface area contributed by atoms with E-state index in [4.69, 9.17) is 4.74 Å². The summed E-state index contributed by atoms with van der Waals surface area (Å²) >= 11 is 0. The number of aromatic nitrogens is 3. The van der Waals surface area contributed by atoms with Crippen LogP contribution in [0.15, 0.2) is 36.8 Å². The van der Waals surface area contributed by atoms with Crippen LogP contribution in [0.4, 0.5) is 0 Å². The molecule has 0 amide bonds. The zero-order chi connectivity index (χ0) is 15.2. The number of hydrogen-bond acceptors (Lipinski definition) is 4. The van der Waals surface area contributed by atoms with Crippen LogP contribution in [-0.2, 0) is 6.54 Å². The van der Waals surface area contributed by atoms with E-state index in [0.717, 1.165) is 44.2 Å². The van der Waals surface area contributed by atoms with Gasteiger partial charge >= 0.3 is 0 Å². The van der Waals surface area contributed by atoms with E-state index in [1.54, 1.807) is 0 Å². The van der Waals surface area contributed by atoms with Gasteiger partial charge in [0.1, 0.15) is 5.75 Å². The molecule has 0 bridgehead atoms. The van der Waals surface area contributed by atoms with Gasteiger partial charge in [-0.1, -0.05) is 0 Å². The summed E-state index contributed by atoms with van der Waals surface area (Å²) in [5, 5.41) is 4.25. The first kappa shape index (κ1) is 15.0. The average molecular weight is 300 g/mol. The maximum absolute atomic E-state index is 5.91. The molecule has 3 rings (SSSR count). The Labute approximate surface area is 131 Å². The van der Waals surface area contributed by atoms with Gasteiger partial charge in [-0.3, -0.25) is 9.67 Å². The molecule has 0 aliphatic carbocycles. The monoisotopic (exact) mass is 300 g/mol. The number of likely N-dealkylation sites (tertiary alicyclic amines) is 1. The van der Waals surface area contributed by atoms with Crippen LogP contribution in [0, 0.1) is 12.8 Å². The highest BCUT2D eigenvalue weighted by Gasteiger charge is 2.19. The fourth-order valence-electron chi connectivity index (χ4n) is 2.88. The van der Waals surface area contributed by atoms with Crippen LogP contribution < -0.4 is 4.74 Å². The second-order valence-corrected chi connectivity index (χ2v) is 6.00. The van der Waals surface area contributed by atoms with Crippen LogP contribution in [-0.4, -0.2) is 45.9 Å². The molecule has 2 aromatic heterocycles. The van der Waals surface area contributed by atoms with Crippen molar-refractivity contribution < 1.29 is 4.74 Å². The van der Waals surface area contributed by atoms with Crippen LogP contribution in [0.5, 0.6) is 5.75 Å². The number of aryl methyl sites for hydroxylation is 1. The Kier molecular flexibility index (Phi) is 5.06. The quantitative estimate of drug-likeness (QED) is 0.821. The molecular formula is C17H24N4O. The minimum Gasteiger partial charge on any atom is -0.493 e. The Morgan fingerprint density at radius 1 is 1.23 bits per heavy atom. The maximum Gasteiger partial charge on any atom is 0.122 e. The largest absolute Gasteiger partial charge is 0.493 e. The van der Waals surface area contributed by atoms with Crippen molar-refractivity contribution in [3.05, 3.63) is 42.5 Å². The predicted molar refractivity (Wildman–Crippen MR) is 85.9 cm³/mol. The molecule has 0 saturated carbocycles. The number of nitrogens with zero attached hydrogens (tertiary/aromatic N) is 4. The van der Waals surface area contributed by atoms with Crippen LogP contribution in [0.3, 0.4) is 0 Å². The Morgan fingerprint density at radius 3 is 2.82 bits per heavy atom. The van der Waals surface area contributed by atoms with Gasteiger partial charge in [0.2, 0.25) is 0 Å². The lowest BCUT2D eigenvalue weighted by atomic mass is 9.98. The standard InChI is InChI=1S/C17H24N4O/c1-15-13-17(3-7-18-15)22-14-16-4-9-20(10-5-16)11-12-21-8-2-6-19-21/h2-3,6-8,13,16H,4-5,9-12,14H2,1H3. The van der Waals surface area contributed by atoms with Gasteiger partial charge in [-0.2, -0.15) is 5.10 Å². The number of hydrogen-bond donors (Lipinski definition) is 0. The topological polar surface area (TPSA) is 43.2 Å². The maximum atomic E-state index is 5.91. The highest BCUT2D eigenvalue weighted by atomic mass is 16.5. The molecule has 2 aromatic rings.